The number of aliphatic carboxylic acids is 1. The van der Waals surface area contributed by atoms with Crippen LogP contribution >= 0.6 is 0 Å². The minimum absolute atomic E-state index is 0.531. The van der Waals surface area contributed by atoms with Crippen molar-refractivity contribution in [2.24, 2.45) is 11.8 Å². The van der Waals surface area contributed by atoms with Crippen LogP contribution in [0.15, 0.2) is 0 Å². The van der Waals surface area contributed by atoms with E-state index in [-0.39, 0.29) is 0 Å². The number of hydrogen-bond acceptors (Lipinski definition) is 2. The van der Waals surface area contributed by atoms with Crippen LogP contribution in [0.4, 0.5) is 0 Å². The van der Waals surface area contributed by atoms with Gasteiger partial charge < -0.3 is 5.11 Å². The maximum Gasteiger partial charge on any atom is 0.324 e. The molecule has 2 rings (SSSR count). The lowest BCUT2D eigenvalue weighted by Gasteiger charge is -2.43. The molecule has 1 heterocycles. The summed E-state index contributed by atoms with van der Waals surface area (Å²) in [6.45, 7) is 6.40. The smallest absolute Gasteiger partial charge is 0.324 e. The largest absolute Gasteiger partial charge is 0.480 e. The van der Waals surface area contributed by atoms with Crippen LogP contribution in [0.1, 0.15) is 52.4 Å². The Hall–Kier alpha value is -0.570. The van der Waals surface area contributed by atoms with E-state index in [0.717, 1.165) is 51.1 Å². The fourth-order valence-electron chi connectivity index (χ4n) is 3.55. The van der Waals surface area contributed by atoms with Gasteiger partial charge in [0, 0.05) is 6.54 Å². The van der Waals surface area contributed by atoms with Gasteiger partial charge in [0.15, 0.2) is 0 Å². The molecule has 1 aliphatic carbocycles. The van der Waals surface area contributed by atoms with E-state index in [9.17, 15) is 9.90 Å². The molecule has 0 spiro atoms. The van der Waals surface area contributed by atoms with Gasteiger partial charge in [0.2, 0.25) is 0 Å². The average molecular weight is 239 g/mol. The topological polar surface area (TPSA) is 40.5 Å². The number of likely N-dealkylation sites (tertiary alicyclic amines) is 1. The molecule has 1 saturated carbocycles. The highest BCUT2D eigenvalue weighted by Crippen LogP contribution is 2.40. The van der Waals surface area contributed by atoms with Gasteiger partial charge in [-0.3, -0.25) is 9.69 Å². The molecular formula is C14H25NO2. The van der Waals surface area contributed by atoms with Gasteiger partial charge in [-0.05, 0) is 50.5 Å². The fraction of sp³-hybridized carbons (Fsp3) is 0.929. The van der Waals surface area contributed by atoms with Crippen LogP contribution in [-0.4, -0.2) is 34.6 Å². The number of nitrogens with zero attached hydrogens (tertiary/aromatic N) is 1. The Morgan fingerprint density at radius 2 is 2.00 bits per heavy atom. The zero-order chi connectivity index (χ0) is 12.5. The standard InChI is InChI=1S/C14H25NO2/c1-3-12-4-7-14(8-5-12,13(16)17)15-9-6-11(2)10-15/h11-12H,3-10H2,1-2H3,(H,16,17). The molecule has 0 amide bonds. The van der Waals surface area contributed by atoms with Gasteiger partial charge in [-0.1, -0.05) is 20.3 Å². The highest BCUT2D eigenvalue weighted by atomic mass is 16.4. The summed E-state index contributed by atoms with van der Waals surface area (Å²) in [5.41, 5.74) is -0.531. The van der Waals surface area contributed by atoms with Gasteiger partial charge in [-0.15, -0.1) is 0 Å². The van der Waals surface area contributed by atoms with Crippen LogP contribution in [-0.2, 0) is 4.79 Å². The fourth-order valence-corrected chi connectivity index (χ4v) is 3.55. The number of hydrogen-bond donors (Lipinski definition) is 1. The molecule has 17 heavy (non-hydrogen) atoms. The van der Waals surface area contributed by atoms with Crippen LogP contribution in [0.25, 0.3) is 0 Å². The molecule has 3 nitrogen and oxygen atoms in total. The van der Waals surface area contributed by atoms with Crippen molar-refractivity contribution in [3.8, 4) is 0 Å². The lowest BCUT2D eigenvalue weighted by molar-refractivity contribution is -0.154. The molecule has 0 radical (unpaired) electrons. The van der Waals surface area contributed by atoms with Gasteiger partial charge in [0.05, 0.1) is 0 Å². The summed E-state index contributed by atoms with van der Waals surface area (Å²) in [7, 11) is 0. The van der Waals surface area contributed by atoms with Crippen molar-refractivity contribution >= 4 is 5.97 Å². The monoisotopic (exact) mass is 239 g/mol. The summed E-state index contributed by atoms with van der Waals surface area (Å²) in [4.78, 5) is 14.0. The number of rotatable bonds is 3. The maximum atomic E-state index is 11.7. The van der Waals surface area contributed by atoms with Crippen molar-refractivity contribution < 1.29 is 9.90 Å². The third kappa shape index (κ3) is 2.35. The van der Waals surface area contributed by atoms with E-state index >= 15 is 0 Å². The first-order valence-corrected chi connectivity index (χ1v) is 7.07. The lowest BCUT2D eigenvalue weighted by Crippen LogP contribution is -2.55. The van der Waals surface area contributed by atoms with Gasteiger partial charge in [-0.2, -0.15) is 0 Å². The Morgan fingerprint density at radius 3 is 2.41 bits per heavy atom. The summed E-state index contributed by atoms with van der Waals surface area (Å²) in [5, 5.41) is 9.65. The third-order valence-electron chi connectivity index (χ3n) is 4.94. The van der Waals surface area contributed by atoms with Gasteiger partial charge >= 0.3 is 5.97 Å². The summed E-state index contributed by atoms with van der Waals surface area (Å²) in [6.07, 6.45) is 6.25. The van der Waals surface area contributed by atoms with Crippen molar-refractivity contribution in [1.29, 1.82) is 0 Å². The van der Waals surface area contributed by atoms with E-state index in [2.05, 4.69) is 18.7 Å². The van der Waals surface area contributed by atoms with E-state index < -0.39 is 11.5 Å². The second-order valence-corrected chi connectivity index (χ2v) is 6.03. The summed E-state index contributed by atoms with van der Waals surface area (Å²) < 4.78 is 0. The molecular weight excluding hydrogens is 214 g/mol. The van der Waals surface area contributed by atoms with E-state index in [1.807, 2.05) is 0 Å². The molecule has 0 aromatic heterocycles. The van der Waals surface area contributed by atoms with Crippen molar-refractivity contribution in [1.82, 2.24) is 4.90 Å². The molecule has 1 atom stereocenters. The number of carboxylic acids is 1. The zero-order valence-electron chi connectivity index (χ0n) is 11.1. The average Bonchev–Trinajstić information content (AvgIpc) is 2.76. The quantitative estimate of drug-likeness (QED) is 0.823. The molecule has 1 N–H and O–H groups in total. The molecule has 0 bridgehead atoms. The first kappa shape index (κ1) is 12.9. The second-order valence-electron chi connectivity index (χ2n) is 6.03. The van der Waals surface area contributed by atoms with Gasteiger partial charge in [-0.25, -0.2) is 0 Å². The Balaban J connectivity index is 2.09. The molecule has 1 saturated heterocycles. The highest BCUT2D eigenvalue weighted by Gasteiger charge is 2.47. The summed E-state index contributed by atoms with van der Waals surface area (Å²) in [5.74, 6) is 0.832. The number of carbonyl (C=O) groups is 1. The van der Waals surface area contributed by atoms with Crippen LogP contribution in [0.2, 0.25) is 0 Å². The van der Waals surface area contributed by atoms with Gasteiger partial charge in [0.1, 0.15) is 5.54 Å². The van der Waals surface area contributed by atoms with E-state index in [4.69, 9.17) is 0 Å². The maximum absolute atomic E-state index is 11.7. The van der Waals surface area contributed by atoms with Crippen LogP contribution in [0.3, 0.4) is 0 Å². The molecule has 98 valence electrons. The van der Waals surface area contributed by atoms with Crippen LogP contribution < -0.4 is 0 Å². The predicted octanol–water partition coefficient (Wildman–Crippen LogP) is 2.75. The van der Waals surface area contributed by atoms with Crippen molar-refractivity contribution in [3.63, 3.8) is 0 Å². The Morgan fingerprint density at radius 1 is 1.35 bits per heavy atom. The Labute approximate surface area is 104 Å². The van der Waals surface area contributed by atoms with E-state index in [1.165, 1.54) is 6.42 Å². The predicted molar refractivity (Wildman–Crippen MR) is 68.0 cm³/mol. The lowest BCUT2D eigenvalue weighted by atomic mass is 9.74. The molecule has 0 aromatic carbocycles. The van der Waals surface area contributed by atoms with Crippen LogP contribution in [0.5, 0.6) is 0 Å². The van der Waals surface area contributed by atoms with Gasteiger partial charge in [0.25, 0.3) is 0 Å². The molecule has 1 aliphatic heterocycles. The Bertz CT molecular complexity index is 282. The highest BCUT2D eigenvalue weighted by molar-refractivity contribution is 5.79. The SMILES string of the molecule is CCC1CCC(C(=O)O)(N2CCC(C)C2)CC1. The molecule has 1 unspecified atom stereocenters. The van der Waals surface area contributed by atoms with Crippen molar-refractivity contribution in [2.45, 2.75) is 57.9 Å². The minimum Gasteiger partial charge on any atom is -0.480 e. The van der Waals surface area contributed by atoms with Crippen molar-refractivity contribution in [2.75, 3.05) is 13.1 Å². The summed E-state index contributed by atoms with van der Waals surface area (Å²) in [6, 6.07) is 0. The normalized spacial score (nSPS) is 39.4. The Kier molecular flexibility index (Phi) is 3.76. The molecule has 3 heteroatoms. The van der Waals surface area contributed by atoms with Crippen LogP contribution in [0, 0.1) is 11.8 Å². The van der Waals surface area contributed by atoms with Crippen molar-refractivity contribution in [3.05, 3.63) is 0 Å². The minimum atomic E-state index is -0.582. The third-order valence-corrected chi connectivity index (χ3v) is 4.94. The second kappa shape index (κ2) is 4.97. The first-order chi connectivity index (χ1) is 8.08. The first-order valence-electron chi connectivity index (χ1n) is 7.07. The number of carboxylic acid groups (broad SMARTS) is 1. The molecule has 2 fully saturated rings. The van der Waals surface area contributed by atoms with E-state index in [1.54, 1.807) is 0 Å². The van der Waals surface area contributed by atoms with E-state index in [0.29, 0.717) is 5.92 Å². The zero-order valence-corrected chi connectivity index (χ0v) is 11.1. The molecule has 2 aliphatic rings. The molecule has 0 aromatic rings. The summed E-state index contributed by atoms with van der Waals surface area (Å²) >= 11 is 0.